The smallest absolute Gasteiger partial charge is 0.0587 e. The Morgan fingerprint density at radius 2 is 1.71 bits per heavy atom. The van der Waals surface area contributed by atoms with E-state index in [1.807, 2.05) is 0 Å². The Labute approximate surface area is 95.2 Å². The van der Waals surface area contributed by atoms with E-state index in [0.717, 1.165) is 45.7 Å². The largest absolute Gasteiger partial charge is 0.385 e. The summed E-state index contributed by atoms with van der Waals surface area (Å²) in [6.07, 6.45) is 3.15. The summed E-state index contributed by atoms with van der Waals surface area (Å²) in [5.74, 6) is 0. The van der Waals surface area contributed by atoms with Crippen LogP contribution in [0.2, 0.25) is 0 Å². The monoisotopic (exact) mass is 268 g/mol. The Morgan fingerprint density at radius 1 is 1.00 bits per heavy atom. The van der Waals surface area contributed by atoms with Gasteiger partial charge in [0.1, 0.15) is 0 Å². The number of ether oxygens (including phenoxy) is 3. The minimum atomic E-state index is 0.454. The standard InChI is InChI=1S/C10H21BrO3/c1-12-6-4-8-14-7-3-5-10(11)9-13-2/h10H,3-9H2,1-2H3. The molecule has 0 aliphatic carbocycles. The van der Waals surface area contributed by atoms with Crippen molar-refractivity contribution in [1.29, 1.82) is 0 Å². The first kappa shape index (κ1) is 14.4. The molecular formula is C10H21BrO3. The second-order valence-corrected chi connectivity index (χ2v) is 4.45. The van der Waals surface area contributed by atoms with Gasteiger partial charge in [-0.2, -0.15) is 0 Å². The molecular weight excluding hydrogens is 248 g/mol. The first-order chi connectivity index (χ1) is 6.81. The van der Waals surface area contributed by atoms with Gasteiger partial charge in [0.25, 0.3) is 0 Å². The molecule has 14 heavy (non-hydrogen) atoms. The molecule has 0 radical (unpaired) electrons. The number of rotatable bonds is 10. The van der Waals surface area contributed by atoms with Crippen molar-refractivity contribution < 1.29 is 14.2 Å². The van der Waals surface area contributed by atoms with Crippen LogP contribution in [-0.4, -0.2) is 45.5 Å². The average molecular weight is 269 g/mol. The summed E-state index contributed by atoms with van der Waals surface area (Å²) < 4.78 is 15.3. The van der Waals surface area contributed by atoms with Gasteiger partial charge >= 0.3 is 0 Å². The van der Waals surface area contributed by atoms with Crippen LogP contribution in [0, 0.1) is 0 Å². The molecule has 0 saturated carbocycles. The van der Waals surface area contributed by atoms with Crippen molar-refractivity contribution in [3.8, 4) is 0 Å². The van der Waals surface area contributed by atoms with Gasteiger partial charge in [0, 0.05) is 38.9 Å². The number of methoxy groups -OCH3 is 2. The zero-order valence-corrected chi connectivity index (χ0v) is 10.7. The van der Waals surface area contributed by atoms with Crippen molar-refractivity contribution in [2.45, 2.75) is 24.1 Å². The van der Waals surface area contributed by atoms with Crippen LogP contribution in [0.15, 0.2) is 0 Å². The van der Waals surface area contributed by atoms with E-state index in [9.17, 15) is 0 Å². The molecule has 0 aliphatic heterocycles. The van der Waals surface area contributed by atoms with E-state index < -0.39 is 0 Å². The first-order valence-electron chi connectivity index (χ1n) is 5.01. The van der Waals surface area contributed by atoms with Gasteiger partial charge in [-0.25, -0.2) is 0 Å². The van der Waals surface area contributed by atoms with Gasteiger partial charge in [-0.3, -0.25) is 0 Å². The summed E-state index contributed by atoms with van der Waals surface area (Å²) in [6, 6.07) is 0. The van der Waals surface area contributed by atoms with E-state index >= 15 is 0 Å². The van der Waals surface area contributed by atoms with E-state index in [1.165, 1.54) is 0 Å². The van der Waals surface area contributed by atoms with E-state index in [0.29, 0.717) is 4.83 Å². The molecule has 0 fully saturated rings. The normalized spacial score (nSPS) is 13.1. The van der Waals surface area contributed by atoms with Crippen LogP contribution in [0.1, 0.15) is 19.3 Å². The van der Waals surface area contributed by atoms with Crippen LogP contribution in [0.3, 0.4) is 0 Å². The van der Waals surface area contributed by atoms with Crippen LogP contribution in [0.5, 0.6) is 0 Å². The first-order valence-corrected chi connectivity index (χ1v) is 5.92. The van der Waals surface area contributed by atoms with Gasteiger partial charge < -0.3 is 14.2 Å². The van der Waals surface area contributed by atoms with E-state index in [4.69, 9.17) is 14.2 Å². The SMILES string of the molecule is COCCCOCCCC(Br)COC. The Balaban J connectivity index is 2.98. The molecule has 3 nitrogen and oxygen atoms in total. The molecule has 0 aromatic carbocycles. The van der Waals surface area contributed by atoms with Crippen LogP contribution in [0.4, 0.5) is 0 Å². The molecule has 0 saturated heterocycles. The quantitative estimate of drug-likeness (QED) is 0.449. The topological polar surface area (TPSA) is 27.7 Å². The van der Waals surface area contributed by atoms with Gasteiger partial charge in [0.05, 0.1) is 6.61 Å². The van der Waals surface area contributed by atoms with Crippen LogP contribution >= 0.6 is 15.9 Å². The molecule has 0 rings (SSSR count). The summed E-state index contributed by atoms with van der Waals surface area (Å²) in [5.41, 5.74) is 0. The van der Waals surface area contributed by atoms with E-state index in [-0.39, 0.29) is 0 Å². The maximum atomic E-state index is 5.42. The van der Waals surface area contributed by atoms with Crippen molar-refractivity contribution >= 4 is 15.9 Å². The van der Waals surface area contributed by atoms with Crippen molar-refractivity contribution in [3.63, 3.8) is 0 Å². The number of hydrogen-bond acceptors (Lipinski definition) is 3. The molecule has 0 aromatic rings. The molecule has 86 valence electrons. The zero-order chi connectivity index (χ0) is 10.6. The molecule has 0 aliphatic rings. The van der Waals surface area contributed by atoms with Crippen LogP contribution in [0.25, 0.3) is 0 Å². The third kappa shape index (κ3) is 10.4. The van der Waals surface area contributed by atoms with Crippen LogP contribution < -0.4 is 0 Å². The number of alkyl halides is 1. The summed E-state index contributed by atoms with van der Waals surface area (Å²) >= 11 is 3.53. The molecule has 0 spiro atoms. The van der Waals surface area contributed by atoms with Crippen molar-refractivity contribution in [2.75, 3.05) is 40.6 Å². The minimum absolute atomic E-state index is 0.454. The molecule has 0 N–H and O–H groups in total. The lowest BCUT2D eigenvalue weighted by Crippen LogP contribution is -2.08. The molecule has 0 amide bonds. The Bertz CT molecular complexity index is 112. The fourth-order valence-electron chi connectivity index (χ4n) is 1.08. The van der Waals surface area contributed by atoms with Gasteiger partial charge in [0.15, 0.2) is 0 Å². The molecule has 0 aromatic heterocycles. The Morgan fingerprint density at radius 3 is 2.36 bits per heavy atom. The average Bonchev–Trinajstić information content (AvgIpc) is 2.17. The summed E-state index contributed by atoms with van der Waals surface area (Å²) in [7, 11) is 3.43. The second-order valence-electron chi connectivity index (χ2n) is 3.15. The second kappa shape index (κ2) is 11.4. The fraction of sp³-hybridized carbons (Fsp3) is 1.00. The minimum Gasteiger partial charge on any atom is -0.385 e. The number of hydrogen-bond donors (Lipinski definition) is 0. The maximum absolute atomic E-state index is 5.42. The fourth-order valence-corrected chi connectivity index (χ4v) is 1.67. The highest BCUT2D eigenvalue weighted by atomic mass is 79.9. The third-order valence-corrected chi connectivity index (χ3v) is 2.51. The highest BCUT2D eigenvalue weighted by Crippen LogP contribution is 2.08. The lowest BCUT2D eigenvalue weighted by molar-refractivity contribution is 0.0991. The van der Waals surface area contributed by atoms with Crippen molar-refractivity contribution in [3.05, 3.63) is 0 Å². The predicted molar refractivity (Wildman–Crippen MR) is 61.1 cm³/mol. The molecule has 1 unspecified atom stereocenters. The molecule has 0 bridgehead atoms. The van der Waals surface area contributed by atoms with Crippen LogP contribution in [-0.2, 0) is 14.2 Å². The van der Waals surface area contributed by atoms with Gasteiger partial charge in [-0.1, -0.05) is 15.9 Å². The van der Waals surface area contributed by atoms with Crippen molar-refractivity contribution in [2.24, 2.45) is 0 Å². The highest BCUT2D eigenvalue weighted by molar-refractivity contribution is 9.09. The number of halogens is 1. The Hall–Kier alpha value is 0.360. The Kier molecular flexibility index (Phi) is 11.7. The van der Waals surface area contributed by atoms with Gasteiger partial charge in [0.2, 0.25) is 0 Å². The zero-order valence-electron chi connectivity index (χ0n) is 9.13. The summed E-state index contributed by atoms with van der Waals surface area (Å²) in [4.78, 5) is 0.454. The molecule has 4 heteroatoms. The van der Waals surface area contributed by atoms with E-state index in [2.05, 4.69) is 15.9 Å². The lowest BCUT2D eigenvalue weighted by atomic mass is 10.2. The lowest BCUT2D eigenvalue weighted by Gasteiger charge is -2.08. The van der Waals surface area contributed by atoms with Gasteiger partial charge in [-0.15, -0.1) is 0 Å². The highest BCUT2D eigenvalue weighted by Gasteiger charge is 2.02. The van der Waals surface area contributed by atoms with E-state index in [1.54, 1.807) is 14.2 Å². The maximum Gasteiger partial charge on any atom is 0.0587 e. The summed E-state index contributed by atoms with van der Waals surface area (Å²) in [6.45, 7) is 3.18. The van der Waals surface area contributed by atoms with Crippen molar-refractivity contribution in [1.82, 2.24) is 0 Å². The third-order valence-electron chi connectivity index (χ3n) is 1.79. The summed E-state index contributed by atoms with van der Waals surface area (Å²) in [5, 5.41) is 0. The molecule has 0 heterocycles. The van der Waals surface area contributed by atoms with Gasteiger partial charge in [-0.05, 0) is 19.3 Å². The molecule has 1 atom stereocenters. The predicted octanol–water partition coefficient (Wildman–Crippen LogP) is 2.23.